The molecule has 4 heteroatoms. The molecule has 0 radical (unpaired) electrons. The number of amides is 1. The van der Waals surface area contributed by atoms with Gasteiger partial charge in [0, 0.05) is 5.56 Å². The molecule has 0 N–H and O–H groups in total. The summed E-state index contributed by atoms with van der Waals surface area (Å²) in [5.74, 6) is -0.383. The van der Waals surface area contributed by atoms with E-state index in [0.717, 1.165) is 12.8 Å². The predicted octanol–water partition coefficient (Wildman–Crippen LogP) is 2.14. The summed E-state index contributed by atoms with van der Waals surface area (Å²) in [5, 5.41) is 0. The molecule has 0 spiro atoms. The lowest BCUT2D eigenvalue weighted by Crippen LogP contribution is -2.49. The number of fused-ring (bicyclic) bond motifs is 2. The van der Waals surface area contributed by atoms with Crippen molar-refractivity contribution in [3.8, 4) is 0 Å². The Hall–Kier alpha value is -1.42. The van der Waals surface area contributed by atoms with Gasteiger partial charge >= 0.3 is 0 Å². The lowest BCUT2D eigenvalue weighted by atomic mass is 10.1. The molecule has 2 atom stereocenters. The number of benzene rings is 1. The van der Waals surface area contributed by atoms with Crippen LogP contribution in [0.25, 0.3) is 0 Å². The first-order valence-electron chi connectivity index (χ1n) is 6.33. The van der Waals surface area contributed by atoms with Crippen LogP contribution < -0.4 is 0 Å². The summed E-state index contributed by atoms with van der Waals surface area (Å²) in [6.07, 6.45) is 1.98. The Bertz CT molecular complexity index is 473. The lowest BCUT2D eigenvalue weighted by Gasteiger charge is -2.34. The number of carbonyl (C=O) groups is 1. The van der Waals surface area contributed by atoms with E-state index in [0.29, 0.717) is 24.3 Å². The second-order valence-electron chi connectivity index (χ2n) is 5.10. The van der Waals surface area contributed by atoms with Crippen LogP contribution in [-0.2, 0) is 4.74 Å². The van der Waals surface area contributed by atoms with Crippen molar-refractivity contribution < 1.29 is 13.9 Å². The highest BCUT2D eigenvalue weighted by atomic mass is 19.1. The third-order valence-corrected chi connectivity index (χ3v) is 3.89. The SMILES string of the molecule is Cc1ccc(C(=O)N2C3CCC2COC3)cc1F. The summed E-state index contributed by atoms with van der Waals surface area (Å²) in [7, 11) is 0. The fraction of sp³-hybridized carbons (Fsp3) is 0.500. The van der Waals surface area contributed by atoms with Crippen LogP contribution in [0.15, 0.2) is 18.2 Å². The molecule has 18 heavy (non-hydrogen) atoms. The van der Waals surface area contributed by atoms with E-state index in [-0.39, 0.29) is 23.8 Å². The van der Waals surface area contributed by atoms with Gasteiger partial charge in [0.05, 0.1) is 25.3 Å². The highest BCUT2D eigenvalue weighted by molar-refractivity contribution is 5.95. The highest BCUT2D eigenvalue weighted by Crippen LogP contribution is 2.30. The fourth-order valence-corrected chi connectivity index (χ4v) is 2.84. The van der Waals surface area contributed by atoms with Crippen LogP contribution in [-0.4, -0.2) is 36.1 Å². The summed E-state index contributed by atoms with van der Waals surface area (Å²) >= 11 is 0. The van der Waals surface area contributed by atoms with Crippen molar-refractivity contribution in [2.24, 2.45) is 0 Å². The maximum Gasteiger partial charge on any atom is 0.254 e. The average molecular weight is 249 g/mol. The van der Waals surface area contributed by atoms with Crippen molar-refractivity contribution in [1.29, 1.82) is 0 Å². The van der Waals surface area contributed by atoms with Crippen LogP contribution >= 0.6 is 0 Å². The molecular weight excluding hydrogens is 233 g/mol. The Morgan fingerprint density at radius 2 is 2.00 bits per heavy atom. The Balaban J connectivity index is 1.88. The number of ether oxygens (including phenoxy) is 1. The Morgan fingerprint density at radius 3 is 2.61 bits per heavy atom. The van der Waals surface area contributed by atoms with Gasteiger partial charge in [0.1, 0.15) is 5.82 Å². The van der Waals surface area contributed by atoms with Crippen LogP contribution in [0.3, 0.4) is 0 Å². The van der Waals surface area contributed by atoms with E-state index in [2.05, 4.69) is 0 Å². The Kier molecular flexibility index (Phi) is 2.82. The largest absolute Gasteiger partial charge is 0.377 e. The second-order valence-corrected chi connectivity index (χ2v) is 5.10. The minimum absolute atomic E-state index is 0.0651. The topological polar surface area (TPSA) is 29.5 Å². The summed E-state index contributed by atoms with van der Waals surface area (Å²) in [6, 6.07) is 5.04. The normalized spacial score (nSPS) is 26.4. The fourth-order valence-electron chi connectivity index (χ4n) is 2.84. The highest BCUT2D eigenvalue weighted by Gasteiger charge is 2.40. The number of nitrogens with zero attached hydrogens (tertiary/aromatic N) is 1. The summed E-state index contributed by atoms with van der Waals surface area (Å²) in [6.45, 7) is 2.91. The molecule has 2 fully saturated rings. The zero-order valence-corrected chi connectivity index (χ0v) is 10.4. The van der Waals surface area contributed by atoms with Gasteiger partial charge in [0.15, 0.2) is 0 Å². The van der Waals surface area contributed by atoms with Crippen molar-refractivity contribution in [3.63, 3.8) is 0 Å². The molecule has 2 aliphatic rings. The average Bonchev–Trinajstić information content (AvgIpc) is 2.61. The number of aryl methyl sites for hydroxylation is 1. The van der Waals surface area contributed by atoms with E-state index < -0.39 is 0 Å². The Labute approximate surface area is 106 Å². The smallest absolute Gasteiger partial charge is 0.254 e. The molecule has 2 saturated heterocycles. The van der Waals surface area contributed by atoms with E-state index in [4.69, 9.17) is 4.74 Å². The first-order valence-corrected chi connectivity index (χ1v) is 6.33. The van der Waals surface area contributed by atoms with Gasteiger partial charge in [0.25, 0.3) is 5.91 Å². The molecule has 2 unspecified atom stereocenters. The zero-order valence-electron chi connectivity index (χ0n) is 10.4. The van der Waals surface area contributed by atoms with Crippen LogP contribution in [0, 0.1) is 12.7 Å². The predicted molar refractivity (Wildman–Crippen MR) is 64.9 cm³/mol. The van der Waals surface area contributed by atoms with Crippen molar-refractivity contribution in [2.75, 3.05) is 13.2 Å². The molecule has 1 aromatic carbocycles. The number of hydrogen-bond donors (Lipinski definition) is 0. The molecule has 2 aliphatic heterocycles. The van der Waals surface area contributed by atoms with Gasteiger partial charge in [-0.3, -0.25) is 4.79 Å². The third kappa shape index (κ3) is 1.81. The van der Waals surface area contributed by atoms with Crippen LogP contribution in [0.2, 0.25) is 0 Å². The molecule has 0 saturated carbocycles. The van der Waals surface area contributed by atoms with Crippen molar-refractivity contribution >= 4 is 5.91 Å². The molecule has 1 aromatic rings. The minimum atomic E-state index is -0.318. The molecule has 2 bridgehead atoms. The van der Waals surface area contributed by atoms with Crippen molar-refractivity contribution in [1.82, 2.24) is 4.90 Å². The number of rotatable bonds is 1. The maximum absolute atomic E-state index is 13.5. The third-order valence-electron chi connectivity index (χ3n) is 3.89. The van der Waals surface area contributed by atoms with Crippen molar-refractivity contribution in [2.45, 2.75) is 31.8 Å². The number of halogens is 1. The lowest BCUT2D eigenvalue weighted by molar-refractivity contribution is -0.00717. The van der Waals surface area contributed by atoms with Gasteiger partial charge in [-0.2, -0.15) is 0 Å². The monoisotopic (exact) mass is 249 g/mol. The van der Waals surface area contributed by atoms with Gasteiger partial charge < -0.3 is 9.64 Å². The number of hydrogen-bond acceptors (Lipinski definition) is 2. The first kappa shape index (κ1) is 11.7. The molecule has 3 rings (SSSR count). The van der Waals surface area contributed by atoms with E-state index >= 15 is 0 Å². The summed E-state index contributed by atoms with van der Waals surface area (Å²) in [5.41, 5.74) is 1.01. The standard InChI is InChI=1S/C14H16FNO2/c1-9-2-3-10(6-13(9)15)14(17)16-11-4-5-12(16)8-18-7-11/h2-3,6,11-12H,4-5,7-8H2,1H3. The van der Waals surface area contributed by atoms with Gasteiger partial charge in [-0.05, 0) is 37.5 Å². The zero-order chi connectivity index (χ0) is 12.7. The first-order chi connectivity index (χ1) is 8.66. The van der Waals surface area contributed by atoms with E-state index in [1.165, 1.54) is 6.07 Å². The maximum atomic E-state index is 13.5. The van der Waals surface area contributed by atoms with Gasteiger partial charge in [0.2, 0.25) is 0 Å². The van der Waals surface area contributed by atoms with Crippen molar-refractivity contribution in [3.05, 3.63) is 35.1 Å². The minimum Gasteiger partial charge on any atom is -0.377 e. The van der Waals surface area contributed by atoms with Crippen LogP contribution in [0.5, 0.6) is 0 Å². The summed E-state index contributed by atoms with van der Waals surface area (Å²) < 4.78 is 19.0. The second kappa shape index (κ2) is 4.35. The molecule has 3 nitrogen and oxygen atoms in total. The quantitative estimate of drug-likeness (QED) is 0.763. The molecule has 2 heterocycles. The molecule has 96 valence electrons. The Morgan fingerprint density at radius 1 is 1.33 bits per heavy atom. The van der Waals surface area contributed by atoms with E-state index in [1.807, 2.05) is 4.90 Å². The molecular formula is C14H16FNO2. The van der Waals surface area contributed by atoms with E-state index in [9.17, 15) is 9.18 Å². The molecule has 1 amide bonds. The van der Waals surface area contributed by atoms with Gasteiger partial charge in [-0.1, -0.05) is 6.07 Å². The summed E-state index contributed by atoms with van der Waals surface area (Å²) in [4.78, 5) is 14.3. The number of morpholine rings is 1. The van der Waals surface area contributed by atoms with Gasteiger partial charge in [-0.25, -0.2) is 4.39 Å². The van der Waals surface area contributed by atoms with Crippen LogP contribution in [0.4, 0.5) is 4.39 Å². The number of carbonyl (C=O) groups excluding carboxylic acids is 1. The molecule has 0 aliphatic carbocycles. The van der Waals surface area contributed by atoms with Crippen LogP contribution in [0.1, 0.15) is 28.8 Å². The van der Waals surface area contributed by atoms with E-state index in [1.54, 1.807) is 19.1 Å². The molecule has 0 aromatic heterocycles. The van der Waals surface area contributed by atoms with Gasteiger partial charge in [-0.15, -0.1) is 0 Å².